The summed E-state index contributed by atoms with van der Waals surface area (Å²) in [7, 11) is 0. The monoisotopic (exact) mass is 668 g/mol. The number of halogens is 6. The summed E-state index contributed by atoms with van der Waals surface area (Å²) in [5, 5.41) is 22.1. The molecule has 0 aliphatic heterocycles. The molecule has 0 heterocycles. The summed E-state index contributed by atoms with van der Waals surface area (Å²) in [5.41, 5.74) is 5.41. The van der Waals surface area contributed by atoms with Gasteiger partial charge in [0.15, 0.2) is 6.19 Å². The number of alkyl halides is 6. The maximum Gasteiger partial charge on any atom is 0.416 e. The number of hydrogen-bond donors (Lipinski definition) is 1. The smallest absolute Gasteiger partial charge is 0.416 e. The lowest BCUT2D eigenvalue weighted by Crippen LogP contribution is -2.28. The first-order chi connectivity index (χ1) is 23.4. The predicted molar refractivity (Wildman–Crippen MR) is 167 cm³/mol. The highest BCUT2D eigenvalue weighted by Gasteiger charge is 2.42. The van der Waals surface area contributed by atoms with Crippen LogP contribution in [0.3, 0.4) is 0 Å². The maximum absolute atomic E-state index is 13.3. The average molecular weight is 669 g/mol. The predicted octanol–water partition coefficient (Wildman–Crippen LogP) is 9.58. The second-order valence-corrected chi connectivity index (χ2v) is 11.8. The number of allylic oxidation sites excluding steroid dienone is 3. The highest BCUT2D eigenvalue weighted by molar-refractivity contribution is 6.25. The summed E-state index contributed by atoms with van der Waals surface area (Å²) in [4.78, 5) is 4.12. The number of ether oxygens (including phenoxy) is 2. The minimum absolute atomic E-state index is 0.209. The Morgan fingerprint density at radius 2 is 1.37 bits per heavy atom. The Hall–Kier alpha value is -6.01. The van der Waals surface area contributed by atoms with Gasteiger partial charge in [0.1, 0.15) is 23.0 Å². The highest BCUT2D eigenvalue weighted by atomic mass is 19.4. The van der Waals surface area contributed by atoms with Crippen LogP contribution in [0.4, 0.5) is 26.3 Å². The van der Waals surface area contributed by atoms with Gasteiger partial charge >= 0.3 is 12.4 Å². The zero-order chi connectivity index (χ0) is 34.7. The SMILES string of the molecule is CC1C=C(Oc2ccc3c(c2)C(=NC#N)c2cc4c(cc2-3)C(NC#N)c2cc(Oc3ccc(C(F)(F)F)cc3)ccc2-4)C=CC1C(F)(F)F. The van der Waals surface area contributed by atoms with Gasteiger partial charge in [-0.2, -0.15) is 41.9 Å². The van der Waals surface area contributed by atoms with Crippen LogP contribution in [0.5, 0.6) is 17.2 Å². The number of nitrogens with one attached hydrogen (secondary N) is 1. The minimum Gasteiger partial charge on any atom is -0.458 e. The first kappa shape index (κ1) is 31.6. The largest absolute Gasteiger partial charge is 0.458 e. The van der Waals surface area contributed by atoms with Gasteiger partial charge in [0.25, 0.3) is 0 Å². The molecule has 0 saturated heterocycles. The first-order valence-corrected chi connectivity index (χ1v) is 14.9. The van der Waals surface area contributed by atoms with Gasteiger partial charge in [-0.3, -0.25) is 0 Å². The molecule has 12 heteroatoms. The normalized spacial score (nSPS) is 19.6. The zero-order valence-corrected chi connectivity index (χ0v) is 25.3. The van der Waals surface area contributed by atoms with Crippen LogP contribution in [0.15, 0.2) is 102 Å². The van der Waals surface area contributed by atoms with Crippen LogP contribution >= 0.6 is 0 Å². The summed E-state index contributed by atoms with van der Waals surface area (Å²) in [6.07, 6.45) is -1.17. The topological polar surface area (TPSA) is 90.4 Å². The van der Waals surface area contributed by atoms with Gasteiger partial charge in [-0.05, 0) is 118 Å². The van der Waals surface area contributed by atoms with Crippen LogP contribution in [-0.4, -0.2) is 11.9 Å². The van der Waals surface area contributed by atoms with Crippen molar-refractivity contribution < 1.29 is 35.8 Å². The molecule has 1 N–H and O–H groups in total. The van der Waals surface area contributed by atoms with Crippen molar-refractivity contribution in [2.24, 2.45) is 16.8 Å². The molecule has 49 heavy (non-hydrogen) atoms. The van der Waals surface area contributed by atoms with E-state index in [2.05, 4.69) is 10.3 Å². The molecule has 0 bridgehead atoms. The Balaban J connectivity index is 1.21. The lowest BCUT2D eigenvalue weighted by molar-refractivity contribution is -0.169. The van der Waals surface area contributed by atoms with Gasteiger partial charge in [-0.1, -0.05) is 19.1 Å². The fraction of sp³-hybridized carbons (Fsp3) is 0.162. The van der Waals surface area contributed by atoms with Gasteiger partial charge < -0.3 is 14.8 Å². The second-order valence-electron chi connectivity index (χ2n) is 11.8. The summed E-state index contributed by atoms with van der Waals surface area (Å²) in [5.74, 6) is -1.23. The van der Waals surface area contributed by atoms with Crippen molar-refractivity contribution in [1.82, 2.24) is 5.32 Å². The summed E-state index contributed by atoms with van der Waals surface area (Å²) in [6, 6.07) is 17.9. The second kappa shape index (κ2) is 11.6. The molecule has 7 rings (SSSR count). The van der Waals surface area contributed by atoms with Crippen LogP contribution in [0.25, 0.3) is 22.3 Å². The summed E-state index contributed by atoms with van der Waals surface area (Å²) < 4.78 is 90.7. The molecule has 0 saturated carbocycles. The Labute approximate surface area is 275 Å². The third-order valence-electron chi connectivity index (χ3n) is 8.78. The minimum atomic E-state index is -4.47. The van der Waals surface area contributed by atoms with Gasteiger partial charge in [0.05, 0.1) is 23.2 Å². The molecule has 3 aliphatic carbocycles. The molecule has 4 aromatic carbocycles. The third kappa shape index (κ3) is 5.65. The van der Waals surface area contributed by atoms with E-state index in [1.54, 1.807) is 36.4 Å². The van der Waals surface area contributed by atoms with Gasteiger partial charge in [-0.15, -0.1) is 0 Å². The van der Waals surface area contributed by atoms with Gasteiger partial charge in [0.2, 0.25) is 6.19 Å². The van der Waals surface area contributed by atoms with Gasteiger partial charge in [0, 0.05) is 11.1 Å². The Morgan fingerprint density at radius 1 is 0.714 bits per heavy atom. The molecule has 3 aliphatic rings. The molecule has 0 amide bonds. The summed E-state index contributed by atoms with van der Waals surface area (Å²) >= 11 is 0. The zero-order valence-electron chi connectivity index (χ0n) is 25.3. The van der Waals surface area contributed by atoms with Crippen molar-refractivity contribution in [3.63, 3.8) is 0 Å². The molecule has 6 nitrogen and oxygen atoms in total. The van der Waals surface area contributed by atoms with E-state index in [0.717, 1.165) is 46.0 Å². The van der Waals surface area contributed by atoms with E-state index in [1.165, 1.54) is 31.2 Å². The molecule has 0 radical (unpaired) electrons. The third-order valence-corrected chi connectivity index (χ3v) is 8.78. The number of nitrogens with zero attached hydrogens (tertiary/aromatic N) is 3. The standard InChI is InChI=1S/C37H22F6N4O2/c1-19-12-22(8-11-33(19)37(41,42)43)49-24-7-10-26-28-16-31-27(15-32(28)35(47-18-45)30(26)14-24)25-9-6-23(13-29(25)34(31)46-17-44)48-21-4-2-20(3-5-21)36(38,39)40/h2-16,19,33-34,46H,1H3. The number of benzene rings is 4. The van der Waals surface area contributed by atoms with E-state index < -0.39 is 35.8 Å². The van der Waals surface area contributed by atoms with Crippen LogP contribution < -0.4 is 14.8 Å². The fourth-order valence-corrected chi connectivity index (χ4v) is 6.57. The Kier molecular flexibility index (Phi) is 7.48. The number of fused-ring (bicyclic) bond motifs is 6. The molecular weight excluding hydrogens is 646 g/mol. The molecule has 0 spiro atoms. The van der Waals surface area contributed by atoms with E-state index in [1.807, 2.05) is 24.5 Å². The lowest BCUT2D eigenvalue weighted by atomic mass is 9.89. The quantitative estimate of drug-likeness (QED) is 0.114. The number of aliphatic imine (C=N–C) groups is 1. The van der Waals surface area contributed by atoms with Crippen molar-refractivity contribution in [2.45, 2.75) is 25.3 Å². The van der Waals surface area contributed by atoms with Crippen molar-refractivity contribution in [2.75, 3.05) is 0 Å². The number of rotatable bonds is 5. The molecule has 0 aromatic heterocycles. The van der Waals surface area contributed by atoms with Crippen LogP contribution in [-0.2, 0) is 6.18 Å². The molecule has 0 fully saturated rings. The molecule has 4 aromatic rings. The van der Waals surface area contributed by atoms with Crippen molar-refractivity contribution in [3.05, 3.63) is 125 Å². The van der Waals surface area contributed by atoms with E-state index in [0.29, 0.717) is 33.9 Å². The van der Waals surface area contributed by atoms with E-state index in [9.17, 15) is 36.9 Å². The molecule has 3 atom stereocenters. The first-order valence-electron chi connectivity index (χ1n) is 14.9. The van der Waals surface area contributed by atoms with Crippen LogP contribution in [0.1, 0.15) is 40.8 Å². The van der Waals surface area contributed by atoms with Crippen LogP contribution in [0.2, 0.25) is 0 Å². The molecule has 3 unspecified atom stereocenters. The maximum atomic E-state index is 13.3. The summed E-state index contributed by atoms with van der Waals surface area (Å²) in [6.45, 7) is 1.47. The molecule has 244 valence electrons. The van der Waals surface area contributed by atoms with Crippen molar-refractivity contribution in [3.8, 4) is 51.9 Å². The fourth-order valence-electron chi connectivity index (χ4n) is 6.57. The number of nitriles is 2. The van der Waals surface area contributed by atoms with E-state index >= 15 is 0 Å². The Morgan fingerprint density at radius 3 is 2.02 bits per heavy atom. The van der Waals surface area contributed by atoms with Crippen LogP contribution in [0, 0.1) is 34.7 Å². The average Bonchev–Trinajstić information content (AvgIpc) is 3.50. The highest BCUT2D eigenvalue weighted by Crippen LogP contribution is 2.50. The Bertz CT molecular complexity index is 2190. The lowest BCUT2D eigenvalue weighted by Gasteiger charge is -2.25. The number of hydrogen-bond acceptors (Lipinski definition) is 6. The van der Waals surface area contributed by atoms with E-state index in [4.69, 9.17) is 9.47 Å². The molecular formula is C37H22F6N4O2. The van der Waals surface area contributed by atoms with E-state index in [-0.39, 0.29) is 11.5 Å². The van der Waals surface area contributed by atoms with Crippen molar-refractivity contribution in [1.29, 1.82) is 10.5 Å². The van der Waals surface area contributed by atoms with Crippen molar-refractivity contribution >= 4 is 5.71 Å². The van der Waals surface area contributed by atoms with Gasteiger partial charge in [-0.25, -0.2) is 0 Å².